The predicted octanol–water partition coefficient (Wildman–Crippen LogP) is 4.41. The number of hydrogen-bond donors (Lipinski definition) is 1. The standard InChI is InChI=1S/C21H19N5O/c1-15(16-6-3-2-4-7-16)12-24-21-25-13-17(18-14-22-9-10-23-18)20(26-21)19-8-5-11-27-19/h2-11,13-15H,12H2,1H3,(H,24,25,26)/t15-/m1/s1. The third kappa shape index (κ3) is 3.84. The molecule has 1 N–H and O–H groups in total. The molecule has 0 unspecified atom stereocenters. The Balaban J connectivity index is 1.61. The van der Waals surface area contributed by atoms with Crippen molar-refractivity contribution in [3.63, 3.8) is 0 Å². The topological polar surface area (TPSA) is 76.7 Å². The second-order valence-electron chi connectivity index (χ2n) is 6.22. The molecule has 0 amide bonds. The predicted molar refractivity (Wildman–Crippen MR) is 104 cm³/mol. The SMILES string of the molecule is C[C@H](CNc1ncc(-c2cnccn2)c(-c2ccco2)n1)c1ccccc1. The van der Waals surface area contributed by atoms with Crippen molar-refractivity contribution in [3.8, 4) is 22.7 Å². The highest BCUT2D eigenvalue weighted by atomic mass is 16.3. The Kier molecular flexibility index (Phi) is 4.87. The number of hydrogen-bond acceptors (Lipinski definition) is 6. The van der Waals surface area contributed by atoms with Gasteiger partial charge in [-0.05, 0) is 23.6 Å². The Morgan fingerprint density at radius 2 is 1.89 bits per heavy atom. The monoisotopic (exact) mass is 357 g/mol. The molecule has 27 heavy (non-hydrogen) atoms. The van der Waals surface area contributed by atoms with Crippen molar-refractivity contribution in [2.45, 2.75) is 12.8 Å². The van der Waals surface area contributed by atoms with Crippen LogP contribution in [-0.2, 0) is 0 Å². The van der Waals surface area contributed by atoms with Gasteiger partial charge < -0.3 is 9.73 Å². The first-order valence-corrected chi connectivity index (χ1v) is 8.77. The fraction of sp³-hybridized carbons (Fsp3) is 0.143. The minimum Gasteiger partial charge on any atom is -0.463 e. The Labute approximate surface area is 157 Å². The lowest BCUT2D eigenvalue weighted by atomic mass is 10.0. The third-order valence-electron chi connectivity index (χ3n) is 4.32. The lowest BCUT2D eigenvalue weighted by molar-refractivity contribution is 0.580. The van der Waals surface area contributed by atoms with E-state index in [1.54, 1.807) is 31.1 Å². The van der Waals surface area contributed by atoms with E-state index < -0.39 is 0 Å². The number of anilines is 1. The fourth-order valence-electron chi connectivity index (χ4n) is 2.84. The van der Waals surface area contributed by atoms with Crippen molar-refractivity contribution in [1.82, 2.24) is 19.9 Å². The first kappa shape index (κ1) is 16.9. The van der Waals surface area contributed by atoms with Crippen molar-refractivity contribution in [1.29, 1.82) is 0 Å². The van der Waals surface area contributed by atoms with Gasteiger partial charge in [0.25, 0.3) is 0 Å². The van der Waals surface area contributed by atoms with E-state index in [1.165, 1.54) is 5.56 Å². The maximum atomic E-state index is 5.57. The molecule has 0 aliphatic rings. The van der Waals surface area contributed by atoms with E-state index in [2.05, 4.69) is 44.3 Å². The largest absolute Gasteiger partial charge is 0.463 e. The summed E-state index contributed by atoms with van der Waals surface area (Å²) in [5, 5.41) is 3.32. The molecule has 6 heteroatoms. The van der Waals surface area contributed by atoms with Crippen LogP contribution in [0.2, 0.25) is 0 Å². The van der Waals surface area contributed by atoms with Gasteiger partial charge in [-0.2, -0.15) is 0 Å². The van der Waals surface area contributed by atoms with Crippen LogP contribution in [0, 0.1) is 0 Å². The summed E-state index contributed by atoms with van der Waals surface area (Å²) in [4.78, 5) is 17.6. The highest BCUT2D eigenvalue weighted by Gasteiger charge is 2.15. The van der Waals surface area contributed by atoms with Gasteiger partial charge in [-0.3, -0.25) is 9.97 Å². The summed E-state index contributed by atoms with van der Waals surface area (Å²) in [6.45, 7) is 2.90. The van der Waals surface area contributed by atoms with Gasteiger partial charge >= 0.3 is 0 Å². The van der Waals surface area contributed by atoms with Crippen LogP contribution >= 0.6 is 0 Å². The van der Waals surface area contributed by atoms with Crippen LogP contribution in [-0.4, -0.2) is 26.5 Å². The lowest BCUT2D eigenvalue weighted by Crippen LogP contribution is -2.12. The zero-order valence-corrected chi connectivity index (χ0v) is 14.9. The van der Waals surface area contributed by atoms with E-state index in [0.29, 0.717) is 29.0 Å². The Morgan fingerprint density at radius 3 is 2.63 bits per heavy atom. The normalized spacial score (nSPS) is 11.9. The third-order valence-corrected chi connectivity index (χ3v) is 4.32. The molecule has 0 radical (unpaired) electrons. The van der Waals surface area contributed by atoms with Gasteiger partial charge in [0, 0.05) is 30.7 Å². The van der Waals surface area contributed by atoms with Crippen LogP contribution < -0.4 is 5.32 Å². The lowest BCUT2D eigenvalue weighted by Gasteiger charge is -2.14. The fourth-order valence-corrected chi connectivity index (χ4v) is 2.84. The minimum atomic E-state index is 0.335. The van der Waals surface area contributed by atoms with Gasteiger partial charge in [-0.1, -0.05) is 37.3 Å². The molecule has 0 fully saturated rings. The second kappa shape index (κ2) is 7.78. The second-order valence-corrected chi connectivity index (χ2v) is 6.22. The quantitative estimate of drug-likeness (QED) is 0.551. The average Bonchev–Trinajstić information content (AvgIpc) is 3.28. The van der Waals surface area contributed by atoms with Crippen LogP contribution in [0.4, 0.5) is 5.95 Å². The van der Waals surface area contributed by atoms with Crippen molar-refractivity contribution in [3.05, 3.63) is 79.1 Å². The van der Waals surface area contributed by atoms with Crippen LogP contribution in [0.5, 0.6) is 0 Å². The molecular formula is C21H19N5O. The summed E-state index contributed by atoms with van der Waals surface area (Å²) in [5.74, 6) is 1.55. The van der Waals surface area contributed by atoms with Gasteiger partial charge in [0.1, 0.15) is 5.69 Å². The van der Waals surface area contributed by atoms with E-state index in [-0.39, 0.29) is 0 Å². The first-order valence-electron chi connectivity index (χ1n) is 8.77. The number of furan rings is 1. The maximum Gasteiger partial charge on any atom is 0.223 e. The number of nitrogens with zero attached hydrogens (tertiary/aromatic N) is 4. The minimum absolute atomic E-state index is 0.335. The van der Waals surface area contributed by atoms with Gasteiger partial charge in [-0.25, -0.2) is 9.97 Å². The Hall–Kier alpha value is -3.54. The molecule has 1 atom stereocenters. The summed E-state index contributed by atoms with van der Waals surface area (Å²) in [5.41, 5.74) is 3.44. The first-order chi connectivity index (χ1) is 13.3. The molecule has 1 aromatic carbocycles. The summed E-state index contributed by atoms with van der Waals surface area (Å²) < 4.78 is 5.57. The van der Waals surface area contributed by atoms with Crippen LogP contribution in [0.15, 0.2) is 77.9 Å². The van der Waals surface area contributed by atoms with Gasteiger partial charge in [0.05, 0.1) is 18.2 Å². The van der Waals surface area contributed by atoms with Crippen molar-refractivity contribution < 1.29 is 4.42 Å². The number of benzene rings is 1. The zero-order chi connectivity index (χ0) is 18.5. The smallest absolute Gasteiger partial charge is 0.223 e. The van der Waals surface area contributed by atoms with Crippen molar-refractivity contribution in [2.75, 3.05) is 11.9 Å². The molecule has 0 aliphatic carbocycles. The highest BCUT2D eigenvalue weighted by molar-refractivity contribution is 5.76. The number of nitrogens with one attached hydrogen (secondary N) is 1. The summed E-state index contributed by atoms with van der Waals surface area (Å²) >= 11 is 0. The molecule has 3 heterocycles. The van der Waals surface area contributed by atoms with Crippen LogP contribution in [0.3, 0.4) is 0 Å². The molecule has 0 saturated carbocycles. The highest BCUT2D eigenvalue weighted by Crippen LogP contribution is 2.29. The Bertz CT molecular complexity index is 988. The average molecular weight is 357 g/mol. The molecule has 4 aromatic rings. The molecular weight excluding hydrogens is 338 g/mol. The van der Waals surface area contributed by atoms with Gasteiger partial charge in [0.15, 0.2) is 5.76 Å². The van der Waals surface area contributed by atoms with E-state index >= 15 is 0 Å². The van der Waals surface area contributed by atoms with Crippen molar-refractivity contribution in [2.24, 2.45) is 0 Å². The molecule has 0 spiro atoms. The molecule has 3 aromatic heterocycles. The summed E-state index contributed by atoms with van der Waals surface area (Å²) in [6, 6.07) is 14.1. The van der Waals surface area contributed by atoms with Crippen LogP contribution in [0.1, 0.15) is 18.4 Å². The summed E-state index contributed by atoms with van der Waals surface area (Å²) in [7, 11) is 0. The van der Waals surface area contributed by atoms with Gasteiger partial charge in [-0.15, -0.1) is 0 Å². The van der Waals surface area contributed by atoms with E-state index in [4.69, 9.17) is 4.42 Å². The van der Waals surface area contributed by atoms with Crippen LogP contribution in [0.25, 0.3) is 22.7 Å². The van der Waals surface area contributed by atoms with Gasteiger partial charge in [0.2, 0.25) is 5.95 Å². The van der Waals surface area contributed by atoms with E-state index in [1.807, 2.05) is 30.3 Å². The van der Waals surface area contributed by atoms with Crippen molar-refractivity contribution >= 4 is 5.95 Å². The molecule has 6 nitrogen and oxygen atoms in total. The number of aromatic nitrogens is 4. The molecule has 134 valence electrons. The molecule has 0 bridgehead atoms. The molecule has 4 rings (SSSR count). The summed E-state index contributed by atoms with van der Waals surface area (Å²) in [6.07, 6.45) is 8.36. The Morgan fingerprint density at radius 1 is 1.00 bits per heavy atom. The molecule has 0 aliphatic heterocycles. The van der Waals surface area contributed by atoms with E-state index in [9.17, 15) is 0 Å². The zero-order valence-electron chi connectivity index (χ0n) is 14.9. The molecule has 0 saturated heterocycles. The maximum absolute atomic E-state index is 5.57. The number of rotatable bonds is 6. The van der Waals surface area contributed by atoms with E-state index in [0.717, 1.165) is 12.1 Å².